The smallest absolute Gasteiger partial charge is 0.0530 e. The molecule has 0 spiro atoms. The fourth-order valence-corrected chi connectivity index (χ4v) is 4.52. The monoisotopic (exact) mass is 142 g/mol. The highest BCUT2D eigenvalue weighted by Crippen LogP contribution is 2.45. The zero-order valence-corrected chi connectivity index (χ0v) is 8.07. The molecule has 0 aliphatic carbocycles. The van der Waals surface area contributed by atoms with Crippen molar-refractivity contribution in [1.29, 1.82) is 0 Å². The van der Waals surface area contributed by atoms with E-state index in [4.69, 9.17) is 0 Å². The van der Waals surface area contributed by atoms with Gasteiger partial charge in [-0.25, -0.2) is 0 Å². The average molecular weight is 142 g/mol. The van der Waals surface area contributed by atoms with Crippen LogP contribution in [0.2, 0.25) is 24.2 Å². The van der Waals surface area contributed by atoms with Crippen LogP contribution in [0.4, 0.5) is 0 Å². The molecule has 1 heteroatoms. The van der Waals surface area contributed by atoms with Gasteiger partial charge in [0.2, 0.25) is 0 Å². The van der Waals surface area contributed by atoms with Crippen molar-refractivity contribution in [2.24, 2.45) is 0 Å². The maximum atomic E-state index is 2.54. The van der Waals surface area contributed by atoms with Gasteiger partial charge in [-0.1, -0.05) is 39.8 Å². The highest BCUT2D eigenvalue weighted by molar-refractivity contribution is 6.80. The lowest BCUT2D eigenvalue weighted by molar-refractivity contribution is 0.765. The number of hydrogen-bond acceptors (Lipinski definition) is 0. The molecule has 1 saturated heterocycles. The first kappa shape index (κ1) is 7.33. The molecule has 1 rings (SSSR count). The molecule has 2 atom stereocenters. The van der Waals surface area contributed by atoms with Crippen LogP contribution in [-0.4, -0.2) is 8.07 Å². The lowest BCUT2D eigenvalue weighted by Crippen LogP contribution is -2.29. The van der Waals surface area contributed by atoms with Gasteiger partial charge in [-0.3, -0.25) is 0 Å². The molecule has 1 heterocycles. The van der Waals surface area contributed by atoms with E-state index in [1.807, 2.05) is 0 Å². The standard InChI is InChI=1S/C8H18Si/c1-7-5-6-8(2)9(7,3)4/h7-8H,5-6H2,1-4H3/t7-,8?/m1/s1. The Kier molecular flexibility index (Phi) is 1.72. The Balaban J connectivity index is 2.66. The molecular formula is C8H18Si. The van der Waals surface area contributed by atoms with Crippen molar-refractivity contribution in [3.8, 4) is 0 Å². The molecule has 1 aliphatic heterocycles. The van der Waals surface area contributed by atoms with Gasteiger partial charge in [0.1, 0.15) is 0 Å². The zero-order valence-electron chi connectivity index (χ0n) is 7.07. The van der Waals surface area contributed by atoms with E-state index in [0.29, 0.717) is 0 Å². The van der Waals surface area contributed by atoms with Crippen LogP contribution < -0.4 is 0 Å². The highest BCUT2D eigenvalue weighted by Gasteiger charge is 2.39. The first-order valence-electron chi connectivity index (χ1n) is 4.05. The highest BCUT2D eigenvalue weighted by atomic mass is 28.3. The topological polar surface area (TPSA) is 0 Å². The maximum Gasteiger partial charge on any atom is 0.0530 e. The summed E-state index contributed by atoms with van der Waals surface area (Å²) in [5.74, 6) is 0. The van der Waals surface area contributed by atoms with Crippen molar-refractivity contribution >= 4 is 8.07 Å². The Morgan fingerprint density at radius 3 is 1.44 bits per heavy atom. The molecule has 0 aromatic heterocycles. The summed E-state index contributed by atoms with van der Waals surface area (Å²) in [6, 6.07) is 0. The van der Waals surface area contributed by atoms with Crippen LogP contribution in [0, 0.1) is 0 Å². The summed E-state index contributed by atoms with van der Waals surface area (Å²) in [5.41, 5.74) is 2.15. The predicted octanol–water partition coefficient (Wildman–Crippen LogP) is 3.27. The Labute approximate surface area is 59.7 Å². The van der Waals surface area contributed by atoms with E-state index in [0.717, 1.165) is 11.1 Å². The molecule has 0 aromatic carbocycles. The van der Waals surface area contributed by atoms with Gasteiger partial charge in [0, 0.05) is 0 Å². The Morgan fingerprint density at radius 1 is 1.00 bits per heavy atom. The van der Waals surface area contributed by atoms with E-state index in [-0.39, 0.29) is 0 Å². The second-order valence-electron chi connectivity index (χ2n) is 4.20. The van der Waals surface area contributed by atoms with E-state index in [1.165, 1.54) is 12.8 Å². The molecule has 9 heavy (non-hydrogen) atoms. The molecule has 0 bridgehead atoms. The first-order valence-corrected chi connectivity index (χ1v) is 7.20. The third kappa shape index (κ3) is 1.07. The van der Waals surface area contributed by atoms with Gasteiger partial charge in [-0.15, -0.1) is 0 Å². The van der Waals surface area contributed by atoms with Crippen LogP contribution in [0.25, 0.3) is 0 Å². The van der Waals surface area contributed by atoms with Gasteiger partial charge in [0.25, 0.3) is 0 Å². The van der Waals surface area contributed by atoms with Crippen molar-refractivity contribution in [3.63, 3.8) is 0 Å². The van der Waals surface area contributed by atoms with Gasteiger partial charge < -0.3 is 0 Å². The summed E-state index contributed by atoms with van der Waals surface area (Å²) < 4.78 is 0. The molecule has 1 unspecified atom stereocenters. The van der Waals surface area contributed by atoms with Gasteiger partial charge in [-0.05, 0) is 11.1 Å². The van der Waals surface area contributed by atoms with Crippen molar-refractivity contribution in [2.75, 3.05) is 0 Å². The minimum absolute atomic E-state index is 0.747. The van der Waals surface area contributed by atoms with Gasteiger partial charge in [-0.2, -0.15) is 0 Å². The fraction of sp³-hybridized carbons (Fsp3) is 1.00. The van der Waals surface area contributed by atoms with Crippen molar-refractivity contribution in [2.45, 2.75) is 50.9 Å². The van der Waals surface area contributed by atoms with E-state index < -0.39 is 8.07 Å². The molecule has 54 valence electrons. The summed E-state index contributed by atoms with van der Waals surface area (Å²) in [4.78, 5) is 0. The van der Waals surface area contributed by atoms with Crippen molar-refractivity contribution < 1.29 is 0 Å². The minimum atomic E-state index is -0.747. The Bertz CT molecular complexity index is 95.1. The summed E-state index contributed by atoms with van der Waals surface area (Å²) in [5, 5.41) is 0. The van der Waals surface area contributed by atoms with E-state index in [1.54, 1.807) is 0 Å². The summed E-state index contributed by atoms with van der Waals surface area (Å²) in [7, 11) is -0.747. The van der Waals surface area contributed by atoms with Crippen LogP contribution in [0.5, 0.6) is 0 Å². The SMILES string of the molecule is CC1CC[C@@H](C)[Si]1(C)C. The lowest BCUT2D eigenvalue weighted by Gasteiger charge is -2.25. The summed E-state index contributed by atoms with van der Waals surface area (Å²) >= 11 is 0. The maximum absolute atomic E-state index is 2.54. The third-order valence-corrected chi connectivity index (χ3v) is 9.23. The van der Waals surface area contributed by atoms with Gasteiger partial charge in [0.05, 0.1) is 8.07 Å². The van der Waals surface area contributed by atoms with Crippen LogP contribution in [0.15, 0.2) is 0 Å². The van der Waals surface area contributed by atoms with E-state index >= 15 is 0 Å². The Morgan fingerprint density at radius 2 is 1.33 bits per heavy atom. The quantitative estimate of drug-likeness (QED) is 0.455. The van der Waals surface area contributed by atoms with Crippen LogP contribution in [0.3, 0.4) is 0 Å². The second-order valence-corrected chi connectivity index (χ2v) is 9.81. The number of hydrogen-bond donors (Lipinski definition) is 0. The van der Waals surface area contributed by atoms with Gasteiger partial charge >= 0.3 is 0 Å². The molecular weight excluding hydrogens is 124 g/mol. The van der Waals surface area contributed by atoms with Crippen LogP contribution in [0.1, 0.15) is 26.7 Å². The van der Waals surface area contributed by atoms with Crippen molar-refractivity contribution in [1.82, 2.24) is 0 Å². The van der Waals surface area contributed by atoms with E-state index in [2.05, 4.69) is 26.9 Å². The van der Waals surface area contributed by atoms with Crippen LogP contribution in [-0.2, 0) is 0 Å². The number of rotatable bonds is 0. The second kappa shape index (κ2) is 2.12. The minimum Gasteiger partial charge on any atom is -0.0690 e. The molecule has 0 amide bonds. The molecule has 1 fully saturated rings. The summed E-state index contributed by atoms with van der Waals surface area (Å²) in [6.07, 6.45) is 3.00. The summed E-state index contributed by atoms with van der Waals surface area (Å²) in [6.45, 7) is 9.95. The van der Waals surface area contributed by atoms with E-state index in [9.17, 15) is 0 Å². The molecule has 0 saturated carbocycles. The third-order valence-electron chi connectivity index (χ3n) is 3.57. The Hall–Kier alpha value is 0.217. The molecule has 0 radical (unpaired) electrons. The zero-order chi connectivity index (χ0) is 7.07. The molecule has 0 N–H and O–H groups in total. The molecule has 0 aromatic rings. The van der Waals surface area contributed by atoms with Crippen LogP contribution >= 0.6 is 0 Å². The molecule has 0 nitrogen and oxygen atoms in total. The van der Waals surface area contributed by atoms with Crippen molar-refractivity contribution in [3.05, 3.63) is 0 Å². The largest absolute Gasteiger partial charge is 0.0690 e. The first-order chi connectivity index (χ1) is 4.05. The predicted molar refractivity (Wildman–Crippen MR) is 45.6 cm³/mol. The lowest BCUT2D eigenvalue weighted by atomic mass is 10.2. The molecule has 1 aliphatic rings. The average Bonchev–Trinajstić information content (AvgIpc) is 1.96. The fourth-order valence-electron chi connectivity index (χ4n) is 1.73. The normalized spacial score (nSPS) is 41.3. The van der Waals surface area contributed by atoms with Gasteiger partial charge in [0.15, 0.2) is 0 Å².